The summed E-state index contributed by atoms with van der Waals surface area (Å²) in [7, 11) is 0. The molecule has 0 saturated carbocycles. The molecule has 0 aliphatic carbocycles. The van der Waals surface area contributed by atoms with Crippen molar-refractivity contribution in [2.75, 3.05) is 31.2 Å². The fourth-order valence-electron chi connectivity index (χ4n) is 3.10. The second-order valence-electron chi connectivity index (χ2n) is 5.86. The molecule has 0 bridgehead atoms. The van der Waals surface area contributed by atoms with E-state index in [0.717, 1.165) is 24.0 Å². The first-order valence-electron chi connectivity index (χ1n) is 8.03. The van der Waals surface area contributed by atoms with Crippen molar-refractivity contribution in [3.8, 4) is 0 Å². The van der Waals surface area contributed by atoms with Gasteiger partial charge in [-0.3, -0.25) is 4.79 Å². The van der Waals surface area contributed by atoms with E-state index in [4.69, 9.17) is 0 Å². The van der Waals surface area contributed by atoms with Crippen molar-refractivity contribution in [2.45, 2.75) is 32.6 Å². The molecule has 1 amide bonds. The van der Waals surface area contributed by atoms with E-state index in [1.165, 1.54) is 38.7 Å². The SMILES string of the molecule is CC(=O)N(CCCN1CCCCC1)n1ccc2cncnc21. The van der Waals surface area contributed by atoms with Crippen LogP contribution in [0.1, 0.15) is 32.6 Å². The number of rotatable bonds is 5. The van der Waals surface area contributed by atoms with Gasteiger partial charge in [-0.15, -0.1) is 0 Å². The molecule has 3 rings (SSSR count). The van der Waals surface area contributed by atoms with Crippen LogP contribution in [0.3, 0.4) is 0 Å². The molecule has 0 radical (unpaired) electrons. The Hall–Kier alpha value is -1.95. The molecule has 22 heavy (non-hydrogen) atoms. The number of aromatic nitrogens is 3. The summed E-state index contributed by atoms with van der Waals surface area (Å²) in [6, 6.07) is 1.94. The van der Waals surface area contributed by atoms with Crippen LogP contribution in [0.15, 0.2) is 24.8 Å². The number of likely N-dealkylation sites (tertiary alicyclic amines) is 1. The Balaban J connectivity index is 1.66. The highest BCUT2D eigenvalue weighted by atomic mass is 16.2. The molecule has 6 nitrogen and oxygen atoms in total. The quantitative estimate of drug-likeness (QED) is 0.845. The first kappa shape index (κ1) is 15.0. The summed E-state index contributed by atoms with van der Waals surface area (Å²) in [6.07, 6.45) is 10.1. The van der Waals surface area contributed by atoms with Gasteiger partial charge in [0.25, 0.3) is 0 Å². The lowest BCUT2D eigenvalue weighted by molar-refractivity contribution is -0.118. The topological polar surface area (TPSA) is 54.3 Å². The third-order valence-corrected chi connectivity index (χ3v) is 4.25. The minimum atomic E-state index is 0.0368. The van der Waals surface area contributed by atoms with Crippen LogP contribution in [0, 0.1) is 0 Å². The summed E-state index contributed by atoms with van der Waals surface area (Å²) in [5.74, 6) is 0.0368. The Morgan fingerprint density at radius 1 is 1.32 bits per heavy atom. The molecule has 0 aromatic carbocycles. The van der Waals surface area contributed by atoms with Crippen molar-refractivity contribution in [1.29, 1.82) is 0 Å². The van der Waals surface area contributed by atoms with E-state index in [1.54, 1.807) is 18.1 Å². The molecule has 3 heterocycles. The molecule has 118 valence electrons. The molecule has 0 spiro atoms. The minimum absolute atomic E-state index is 0.0368. The van der Waals surface area contributed by atoms with Gasteiger partial charge in [-0.2, -0.15) is 0 Å². The molecular weight excluding hydrogens is 278 g/mol. The minimum Gasteiger partial charge on any atom is -0.303 e. The number of carbonyl (C=O) groups is 1. The maximum Gasteiger partial charge on any atom is 0.238 e. The Morgan fingerprint density at radius 3 is 2.91 bits per heavy atom. The highest BCUT2D eigenvalue weighted by Gasteiger charge is 2.15. The molecule has 0 unspecified atom stereocenters. The van der Waals surface area contributed by atoms with Crippen LogP contribution < -0.4 is 5.01 Å². The fraction of sp³-hybridized carbons (Fsp3) is 0.562. The van der Waals surface area contributed by atoms with Crippen LogP contribution in [0.4, 0.5) is 0 Å². The third-order valence-electron chi connectivity index (χ3n) is 4.25. The van der Waals surface area contributed by atoms with E-state index < -0.39 is 0 Å². The van der Waals surface area contributed by atoms with Crippen LogP contribution >= 0.6 is 0 Å². The van der Waals surface area contributed by atoms with Gasteiger partial charge >= 0.3 is 0 Å². The van der Waals surface area contributed by atoms with Gasteiger partial charge in [0.2, 0.25) is 5.91 Å². The van der Waals surface area contributed by atoms with Crippen LogP contribution in [-0.2, 0) is 4.79 Å². The highest BCUT2D eigenvalue weighted by molar-refractivity contribution is 5.86. The Morgan fingerprint density at radius 2 is 2.14 bits per heavy atom. The fourth-order valence-corrected chi connectivity index (χ4v) is 3.10. The molecule has 1 aliphatic rings. The van der Waals surface area contributed by atoms with Crippen LogP contribution in [0.25, 0.3) is 11.0 Å². The summed E-state index contributed by atoms with van der Waals surface area (Å²) in [4.78, 5) is 22.8. The summed E-state index contributed by atoms with van der Waals surface area (Å²) >= 11 is 0. The van der Waals surface area contributed by atoms with Crippen molar-refractivity contribution in [1.82, 2.24) is 19.5 Å². The molecule has 6 heteroatoms. The van der Waals surface area contributed by atoms with Crippen molar-refractivity contribution < 1.29 is 4.79 Å². The molecule has 2 aromatic rings. The molecule has 1 fully saturated rings. The third kappa shape index (κ3) is 3.27. The molecule has 0 atom stereocenters. The van der Waals surface area contributed by atoms with E-state index in [-0.39, 0.29) is 5.91 Å². The molecule has 0 N–H and O–H groups in total. The molecule has 1 aliphatic heterocycles. The first-order chi connectivity index (χ1) is 10.8. The zero-order valence-corrected chi connectivity index (χ0v) is 13.1. The maximum atomic E-state index is 12.0. The van der Waals surface area contributed by atoms with E-state index in [0.29, 0.717) is 6.54 Å². The average molecular weight is 301 g/mol. The summed E-state index contributed by atoms with van der Waals surface area (Å²) in [5.41, 5.74) is 0.781. The number of hydrogen-bond donors (Lipinski definition) is 0. The number of amides is 1. The van der Waals surface area contributed by atoms with Gasteiger partial charge in [0.15, 0.2) is 5.65 Å². The number of hydrogen-bond acceptors (Lipinski definition) is 4. The number of nitrogens with zero attached hydrogens (tertiary/aromatic N) is 5. The monoisotopic (exact) mass is 301 g/mol. The number of piperidine rings is 1. The van der Waals surface area contributed by atoms with Gasteiger partial charge in [-0.05, 0) is 45.0 Å². The van der Waals surface area contributed by atoms with Crippen LogP contribution in [-0.4, -0.2) is 51.6 Å². The Labute approximate surface area is 130 Å². The molecule has 1 saturated heterocycles. The summed E-state index contributed by atoms with van der Waals surface area (Å²) in [6.45, 7) is 5.75. The normalized spacial score (nSPS) is 16.0. The molecule has 2 aromatic heterocycles. The van der Waals surface area contributed by atoms with E-state index in [9.17, 15) is 4.79 Å². The Kier molecular flexibility index (Phi) is 4.68. The number of carbonyl (C=O) groups excluding carboxylic acids is 1. The zero-order chi connectivity index (χ0) is 15.4. The average Bonchev–Trinajstić information content (AvgIpc) is 2.96. The summed E-state index contributed by atoms with van der Waals surface area (Å²) < 4.78 is 1.84. The van der Waals surface area contributed by atoms with Crippen molar-refractivity contribution in [3.05, 3.63) is 24.8 Å². The predicted octanol–water partition coefficient (Wildman–Crippen LogP) is 1.79. The lowest BCUT2D eigenvalue weighted by atomic mass is 10.1. The van der Waals surface area contributed by atoms with Crippen molar-refractivity contribution in [3.63, 3.8) is 0 Å². The first-order valence-corrected chi connectivity index (χ1v) is 8.03. The molecular formula is C16H23N5O. The van der Waals surface area contributed by atoms with Gasteiger partial charge in [0, 0.05) is 31.2 Å². The number of fused-ring (bicyclic) bond motifs is 1. The maximum absolute atomic E-state index is 12.0. The van der Waals surface area contributed by atoms with Crippen molar-refractivity contribution in [2.24, 2.45) is 0 Å². The smallest absolute Gasteiger partial charge is 0.238 e. The van der Waals surface area contributed by atoms with Gasteiger partial charge in [-0.1, -0.05) is 6.42 Å². The lowest BCUT2D eigenvalue weighted by Gasteiger charge is -2.28. The van der Waals surface area contributed by atoms with Crippen LogP contribution in [0.5, 0.6) is 0 Å². The largest absolute Gasteiger partial charge is 0.303 e. The Bertz CT molecular complexity index is 632. The highest BCUT2D eigenvalue weighted by Crippen LogP contribution is 2.13. The second-order valence-corrected chi connectivity index (χ2v) is 5.86. The van der Waals surface area contributed by atoms with Gasteiger partial charge < -0.3 is 4.90 Å². The zero-order valence-electron chi connectivity index (χ0n) is 13.1. The summed E-state index contributed by atoms with van der Waals surface area (Å²) in [5, 5.41) is 2.71. The van der Waals surface area contributed by atoms with Crippen LogP contribution in [0.2, 0.25) is 0 Å². The van der Waals surface area contributed by atoms with Gasteiger partial charge in [0.1, 0.15) is 6.33 Å². The second kappa shape index (κ2) is 6.87. The van der Waals surface area contributed by atoms with E-state index >= 15 is 0 Å². The van der Waals surface area contributed by atoms with E-state index in [1.807, 2.05) is 16.9 Å². The van der Waals surface area contributed by atoms with Crippen molar-refractivity contribution >= 4 is 16.9 Å². The lowest BCUT2D eigenvalue weighted by Crippen LogP contribution is -2.41. The van der Waals surface area contributed by atoms with E-state index in [2.05, 4.69) is 14.9 Å². The standard InChI is InChI=1S/C16H23N5O/c1-14(22)20(10-5-9-19-7-3-2-4-8-19)21-11-6-15-12-17-13-18-16(15)21/h6,11-13H,2-5,7-10H2,1H3. The predicted molar refractivity (Wildman–Crippen MR) is 86.2 cm³/mol. The van der Waals surface area contributed by atoms with Gasteiger partial charge in [0.05, 0.1) is 0 Å². The van der Waals surface area contributed by atoms with Gasteiger partial charge in [-0.25, -0.2) is 19.7 Å².